The molecule has 0 saturated heterocycles. The fourth-order valence-electron chi connectivity index (χ4n) is 1.89. The number of benzene rings is 1. The standard InChI is InChI=1S/C14H23NS/c1-5-15-14(10-11(2)3)12-6-8-13(16-4)9-7-12/h6-9,11,14-15H,5,10H2,1-4H3. The Bertz CT molecular complexity index is 292. The van der Waals surface area contributed by atoms with E-state index in [1.165, 1.54) is 16.9 Å². The molecule has 0 aliphatic carbocycles. The molecule has 1 rings (SSSR count). The van der Waals surface area contributed by atoms with Gasteiger partial charge in [0.15, 0.2) is 0 Å². The third-order valence-electron chi connectivity index (χ3n) is 2.68. The summed E-state index contributed by atoms with van der Waals surface area (Å²) in [7, 11) is 0. The highest BCUT2D eigenvalue weighted by molar-refractivity contribution is 7.98. The zero-order valence-electron chi connectivity index (χ0n) is 10.8. The lowest BCUT2D eigenvalue weighted by Crippen LogP contribution is -2.22. The van der Waals surface area contributed by atoms with E-state index in [2.05, 4.69) is 56.6 Å². The van der Waals surface area contributed by atoms with Crippen LogP contribution in [0.5, 0.6) is 0 Å². The molecular formula is C14H23NS. The second-order valence-electron chi connectivity index (χ2n) is 4.51. The largest absolute Gasteiger partial charge is 0.310 e. The summed E-state index contributed by atoms with van der Waals surface area (Å²) in [6.45, 7) is 7.76. The predicted octanol–water partition coefficient (Wildman–Crippen LogP) is 4.11. The van der Waals surface area contributed by atoms with Crippen molar-refractivity contribution in [3.05, 3.63) is 29.8 Å². The van der Waals surface area contributed by atoms with E-state index >= 15 is 0 Å². The molecule has 0 aromatic heterocycles. The van der Waals surface area contributed by atoms with Gasteiger partial charge in [0, 0.05) is 10.9 Å². The van der Waals surface area contributed by atoms with Gasteiger partial charge in [-0.3, -0.25) is 0 Å². The van der Waals surface area contributed by atoms with Crippen molar-refractivity contribution < 1.29 is 0 Å². The van der Waals surface area contributed by atoms with Crippen LogP contribution in [0.1, 0.15) is 38.8 Å². The van der Waals surface area contributed by atoms with Crippen molar-refractivity contribution in [2.24, 2.45) is 5.92 Å². The lowest BCUT2D eigenvalue weighted by atomic mass is 9.97. The van der Waals surface area contributed by atoms with E-state index in [9.17, 15) is 0 Å². The van der Waals surface area contributed by atoms with Crippen molar-refractivity contribution in [1.82, 2.24) is 5.32 Å². The minimum absolute atomic E-state index is 0.501. The molecule has 1 aromatic carbocycles. The third-order valence-corrected chi connectivity index (χ3v) is 3.42. The molecule has 2 heteroatoms. The number of hydrogen-bond acceptors (Lipinski definition) is 2. The maximum absolute atomic E-state index is 3.56. The molecule has 0 heterocycles. The molecule has 0 fully saturated rings. The lowest BCUT2D eigenvalue weighted by Gasteiger charge is -2.20. The summed E-state index contributed by atoms with van der Waals surface area (Å²) in [6.07, 6.45) is 3.32. The molecule has 0 spiro atoms. The summed E-state index contributed by atoms with van der Waals surface area (Å²) in [5, 5.41) is 3.56. The Morgan fingerprint density at radius 3 is 2.25 bits per heavy atom. The summed E-state index contributed by atoms with van der Waals surface area (Å²) in [5.74, 6) is 0.726. The molecule has 1 unspecified atom stereocenters. The minimum Gasteiger partial charge on any atom is -0.310 e. The second kappa shape index (κ2) is 6.97. The summed E-state index contributed by atoms with van der Waals surface area (Å²) in [4.78, 5) is 1.34. The Hall–Kier alpha value is -0.470. The first kappa shape index (κ1) is 13.6. The molecule has 0 amide bonds. The van der Waals surface area contributed by atoms with Crippen LogP contribution in [-0.2, 0) is 0 Å². The van der Waals surface area contributed by atoms with E-state index in [4.69, 9.17) is 0 Å². The van der Waals surface area contributed by atoms with E-state index in [1.54, 1.807) is 11.8 Å². The van der Waals surface area contributed by atoms with E-state index in [0.717, 1.165) is 12.5 Å². The highest BCUT2D eigenvalue weighted by Crippen LogP contribution is 2.23. The van der Waals surface area contributed by atoms with Crippen LogP contribution in [0, 0.1) is 5.92 Å². The SMILES string of the molecule is CCNC(CC(C)C)c1ccc(SC)cc1. The first-order valence-electron chi connectivity index (χ1n) is 6.04. The van der Waals surface area contributed by atoms with E-state index in [0.29, 0.717) is 6.04 Å². The first-order valence-corrected chi connectivity index (χ1v) is 7.27. The van der Waals surface area contributed by atoms with Crippen LogP contribution < -0.4 is 5.32 Å². The van der Waals surface area contributed by atoms with Gasteiger partial charge >= 0.3 is 0 Å². The molecule has 90 valence electrons. The Morgan fingerprint density at radius 2 is 1.81 bits per heavy atom. The normalized spacial score (nSPS) is 13.1. The number of nitrogens with one attached hydrogen (secondary N) is 1. The highest BCUT2D eigenvalue weighted by Gasteiger charge is 2.11. The zero-order valence-corrected chi connectivity index (χ0v) is 11.6. The van der Waals surface area contributed by atoms with Gasteiger partial charge in [-0.05, 0) is 42.8 Å². The summed E-state index contributed by atoms with van der Waals surface area (Å²) in [5.41, 5.74) is 1.41. The molecule has 0 saturated carbocycles. The molecule has 16 heavy (non-hydrogen) atoms. The zero-order chi connectivity index (χ0) is 12.0. The van der Waals surface area contributed by atoms with Crippen molar-refractivity contribution in [1.29, 1.82) is 0 Å². The van der Waals surface area contributed by atoms with Crippen LogP contribution in [0.2, 0.25) is 0 Å². The fourth-order valence-corrected chi connectivity index (χ4v) is 2.30. The molecule has 0 radical (unpaired) electrons. The van der Waals surface area contributed by atoms with Crippen LogP contribution in [0.3, 0.4) is 0 Å². The Morgan fingerprint density at radius 1 is 1.19 bits per heavy atom. The van der Waals surface area contributed by atoms with Gasteiger partial charge < -0.3 is 5.32 Å². The van der Waals surface area contributed by atoms with Crippen LogP contribution in [0.25, 0.3) is 0 Å². The maximum Gasteiger partial charge on any atom is 0.0322 e. The van der Waals surface area contributed by atoms with Gasteiger partial charge in [0.2, 0.25) is 0 Å². The summed E-state index contributed by atoms with van der Waals surface area (Å²) < 4.78 is 0. The summed E-state index contributed by atoms with van der Waals surface area (Å²) >= 11 is 1.80. The smallest absolute Gasteiger partial charge is 0.0322 e. The molecule has 1 aromatic rings. The number of hydrogen-bond donors (Lipinski definition) is 1. The van der Waals surface area contributed by atoms with Gasteiger partial charge in [-0.15, -0.1) is 11.8 Å². The van der Waals surface area contributed by atoms with E-state index in [1.807, 2.05) is 0 Å². The Labute approximate surface area is 104 Å². The molecule has 1 N–H and O–H groups in total. The fraction of sp³-hybridized carbons (Fsp3) is 0.571. The Kier molecular flexibility index (Phi) is 5.93. The average molecular weight is 237 g/mol. The minimum atomic E-state index is 0.501. The van der Waals surface area contributed by atoms with Gasteiger partial charge in [0.25, 0.3) is 0 Å². The first-order chi connectivity index (χ1) is 7.67. The molecule has 0 bridgehead atoms. The van der Waals surface area contributed by atoms with Crippen molar-refractivity contribution in [2.75, 3.05) is 12.8 Å². The van der Waals surface area contributed by atoms with Crippen LogP contribution >= 0.6 is 11.8 Å². The number of thioether (sulfide) groups is 1. The third kappa shape index (κ3) is 4.18. The lowest BCUT2D eigenvalue weighted by molar-refractivity contribution is 0.438. The topological polar surface area (TPSA) is 12.0 Å². The van der Waals surface area contributed by atoms with Gasteiger partial charge in [0.05, 0.1) is 0 Å². The summed E-state index contributed by atoms with van der Waals surface area (Å²) in [6, 6.07) is 9.43. The van der Waals surface area contributed by atoms with Crippen LogP contribution in [0.15, 0.2) is 29.2 Å². The van der Waals surface area contributed by atoms with Crippen molar-refractivity contribution in [3.8, 4) is 0 Å². The van der Waals surface area contributed by atoms with Crippen molar-refractivity contribution in [3.63, 3.8) is 0 Å². The molecule has 1 nitrogen and oxygen atoms in total. The van der Waals surface area contributed by atoms with Crippen molar-refractivity contribution in [2.45, 2.75) is 38.1 Å². The van der Waals surface area contributed by atoms with Gasteiger partial charge in [0.1, 0.15) is 0 Å². The average Bonchev–Trinajstić information content (AvgIpc) is 2.28. The molecular weight excluding hydrogens is 214 g/mol. The van der Waals surface area contributed by atoms with E-state index < -0.39 is 0 Å². The molecule has 0 aliphatic rings. The van der Waals surface area contributed by atoms with Gasteiger partial charge in [-0.1, -0.05) is 32.9 Å². The highest BCUT2D eigenvalue weighted by atomic mass is 32.2. The number of rotatable bonds is 6. The van der Waals surface area contributed by atoms with Gasteiger partial charge in [-0.2, -0.15) is 0 Å². The quantitative estimate of drug-likeness (QED) is 0.747. The van der Waals surface area contributed by atoms with Crippen molar-refractivity contribution >= 4 is 11.8 Å². The maximum atomic E-state index is 3.56. The van der Waals surface area contributed by atoms with E-state index in [-0.39, 0.29) is 0 Å². The monoisotopic (exact) mass is 237 g/mol. The van der Waals surface area contributed by atoms with Gasteiger partial charge in [-0.25, -0.2) is 0 Å². The Balaban J connectivity index is 2.75. The van der Waals surface area contributed by atoms with Crippen LogP contribution in [0.4, 0.5) is 0 Å². The molecule has 0 aliphatic heterocycles. The predicted molar refractivity (Wildman–Crippen MR) is 74.1 cm³/mol. The second-order valence-corrected chi connectivity index (χ2v) is 5.39. The van der Waals surface area contributed by atoms with Crippen LogP contribution in [-0.4, -0.2) is 12.8 Å². The molecule has 1 atom stereocenters.